The molecule has 2 bridgehead atoms. The minimum absolute atomic E-state index is 0.153. The van der Waals surface area contributed by atoms with E-state index in [-0.39, 0.29) is 10.8 Å². The Labute approximate surface area is 183 Å². The number of rotatable bonds is 5. The van der Waals surface area contributed by atoms with Crippen LogP contribution in [-0.4, -0.2) is 18.5 Å². The smallest absolute Gasteiger partial charge is 0.226 e. The first-order chi connectivity index (χ1) is 14.4. The maximum Gasteiger partial charge on any atom is 0.226 e. The van der Waals surface area contributed by atoms with Crippen LogP contribution in [0.15, 0.2) is 30.3 Å². The fourth-order valence-electron chi connectivity index (χ4n) is 7.28. The van der Waals surface area contributed by atoms with Crippen molar-refractivity contribution < 1.29 is 4.79 Å². The van der Waals surface area contributed by atoms with E-state index >= 15 is 0 Å². The summed E-state index contributed by atoms with van der Waals surface area (Å²) >= 11 is 0. The van der Waals surface area contributed by atoms with E-state index in [9.17, 15) is 4.79 Å². The average molecular weight is 411 g/mol. The minimum Gasteiger partial charge on any atom is -0.353 e. The summed E-state index contributed by atoms with van der Waals surface area (Å²) in [5, 5.41) is 3.53. The monoisotopic (exact) mass is 410 g/mol. The van der Waals surface area contributed by atoms with Gasteiger partial charge in [0.15, 0.2) is 0 Å². The van der Waals surface area contributed by atoms with Gasteiger partial charge in [0.05, 0.1) is 5.41 Å². The van der Waals surface area contributed by atoms with Gasteiger partial charge in [0.25, 0.3) is 0 Å². The zero-order chi connectivity index (χ0) is 21.4. The number of nitrogens with one attached hydrogen (secondary N) is 1. The molecule has 1 aromatic rings. The number of carbonyl (C=O) groups is 1. The molecule has 5 atom stereocenters. The van der Waals surface area contributed by atoms with Crippen LogP contribution in [0.1, 0.15) is 84.1 Å². The van der Waals surface area contributed by atoms with Crippen LogP contribution in [0.4, 0.5) is 0 Å². The van der Waals surface area contributed by atoms with Gasteiger partial charge in [0.2, 0.25) is 5.91 Å². The second-order valence-corrected chi connectivity index (χ2v) is 11.1. The van der Waals surface area contributed by atoms with Crippen LogP contribution in [0.5, 0.6) is 0 Å². The molecule has 0 spiro atoms. The fourth-order valence-corrected chi connectivity index (χ4v) is 7.28. The quantitative estimate of drug-likeness (QED) is 0.680. The highest BCUT2D eigenvalue weighted by molar-refractivity contribution is 5.83. The lowest BCUT2D eigenvalue weighted by molar-refractivity contribution is -0.141. The van der Waals surface area contributed by atoms with Crippen molar-refractivity contribution in [2.24, 2.45) is 34.8 Å². The van der Waals surface area contributed by atoms with E-state index in [4.69, 9.17) is 5.73 Å². The van der Waals surface area contributed by atoms with Gasteiger partial charge >= 0.3 is 0 Å². The number of fused-ring (bicyclic) bond motifs is 2. The van der Waals surface area contributed by atoms with Gasteiger partial charge in [-0.05, 0) is 99.0 Å². The molecule has 3 heteroatoms. The largest absolute Gasteiger partial charge is 0.353 e. The SMILES string of the molecule is CCC1(C(=O)N[C@H]2CC[C@H](CN)CC2)CC2CC(c3ccccc3)(CC(C)C2C)C1. The molecule has 0 aliphatic heterocycles. The summed E-state index contributed by atoms with van der Waals surface area (Å²) in [4.78, 5) is 13.8. The van der Waals surface area contributed by atoms with Crippen molar-refractivity contribution in [2.75, 3.05) is 6.54 Å². The average Bonchev–Trinajstić information content (AvgIpc) is 2.78. The summed E-state index contributed by atoms with van der Waals surface area (Å²) in [6, 6.07) is 11.5. The predicted molar refractivity (Wildman–Crippen MR) is 124 cm³/mol. The minimum atomic E-state index is -0.224. The van der Waals surface area contributed by atoms with E-state index in [1.807, 2.05) is 0 Å². The van der Waals surface area contributed by atoms with Gasteiger partial charge in [-0.15, -0.1) is 0 Å². The summed E-state index contributed by atoms with van der Waals surface area (Å²) < 4.78 is 0. The molecule has 3 aliphatic rings. The third-order valence-electron chi connectivity index (χ3n) is 9.40. The van der Waals surface area contributed by atoms with Crippen molar-refractivity contribution in [1.82, 2.24) is 5.32 Å². The second-order valence-electron chi connectivity index (χ2n) is 11.1. The van der Waals surface area contributed by atoms with Crippen molar-refractivity contribution >= 4 is 5.91 Å². The van der Waals surface area contributed by atoms with E-state index in [0.29, 0.717) is 35.6 Å². The number of hydrogen-bond donors (Lipinski definition) is 2. The molecule has 3 fully saturated rings. The Morgan fingerprint density at radius 2 is 1.77 bits per heavy atom. The Morgan fingerprint density at radius 1 is 1.07 bits per heavy atom. The molecule has 0 aromatic heterocycles. The van der Waals surface area contributed by atoms with E-state index in [1.165, 1.54) is 18.4 Å². The van der Waals surface area contributed by atoms with Crippen LogP contribution in [0.3, 0.4) is 0 Å². The van der Waals surface area contributed by atoms with Gasteiger partial charge in [-0.25, -0.2) is 0 Å². The van der Waals surface area contributed by atoms with E-state index in [2.05, 4.69) is 56.4 Å². The maximum absolute atomic E-state index is 13.8. The fraction of sp³-hybridized carbons (Fsp3) is 0.741. The summed E-state index contributed by atoms with van der Waals surface area (Å²) in [7, 11) is 0. The van der Waals surface area contributed by atoms with Gasteiger partial charge in [-0.2, -0.15) is 0 Å². The van der Waals surface area contributed by atoms with Gasteiger partial charge in [-0.1, -0.05) is 51.1 Å². The number of carbonyl (C=O) groups excluding carboxylic acids is 1. The molecule has 1 aromatic carbocycles. The van der Waals surface area contributed by atoms with Crippen LogP contribution >= 0.6 is 0 Å². The number of hydrogen-bond acceptors (Lipinski definition) is 2. The molecular weight excluding hydrogens is 368 g/mol. The number of nitrogens with two attached hydrogens (primary N) is 1. The molecule has 0 saturated heterocycles. The molecule has 1 amide bonds. The van der Waals surface area contributed by atoms with Crippen molar-refractivity contribution in [2.45, 2.75) is 90.0 Å². The zero-order valence-electron chi connectivity index (χ0n) is 19.3. The molecule has 166 valence electrons. The highest BCUT2D eigenvalue weighted by Crippen LogP contribution is 2.60. The Morgan fingerprint density at radius 3 is 2.40 bits per heavy atom. The van der Waals surface area contributed by atoms with E-state index in [0.717, 1.165) is 51.5 Å². The molecule has 4 rings (SSSR count). The van der Waals surface area contributed by atoms with Gasteiger partial charge in [-0.3, -0.25) is 4.79 Å². The summed E-state index contributed by atoms with van der Waals surface area (Å²) in [6.45, 7) is 7.90. The molecule has 3 aliphatic carbocycles. The Kier molecular flexibility index (Phi) is 6.30. The predicted octanol–water partition coefficient (Wildman–Crippen LogP) is 5.43. The van der Waals surface area contributed by atoms with E-state index in [1.54, 1.807) is 0 Å². The van der Waals surface area contributed by atoms with Crippen molar-refractivity contribution in [1.29, 1.82) is 0 Å². The third-order valence-corrected chi connectivity index (χ3v) is 9.40. The first-order valence-corrected chi connectivity index (χ1v) is 12.5. The molecule has 3 N–H and O–H groups in total. The number of benzene rings is 1. The highest BCUT2D eigenvalue weighted by atomic mass is 16.2. The first kappa shape index (κ1) is 21.9. The van der Waals surface area contributed by atoms with Crippen LogP contribution in [0.25, 0.3) is 0 Å². The Hall–Kier alpha value is -1.35. The maximum atomic E-state index is 13.8. The molecule has 5 unspecified atom stereocenters. The lowest BCUT2D eigenvalue weighted by atomic mass is 9.47. The molecule has 3 nitrogen and oxygen atoms in total. The lowest BCUT2D eigenvalue weighted by Gasteiger charge is -2.57. The lowest BCUT2D eigenvalue weighted by Crippen LogP contribution is -2.56. The summed E-state index contributed by atoms with van der Waals surface area (Å²) in [5.41, 5.74) is 7.26. The Bertz CT molecular complexity index is 722. The number of amides is 1. The molecule has 30 heavy (non-hydrogen) atoms. The highest BCUT2D eigenvalue weighted by Gasteiger charge is 2.56. The standard InChI is InChI=1S/C27H42N2O/c1-4-26(25(30)29-24-12-10-21(17-28)11-13-24)15-22-16-27(18-26,14-19(2)20(22)3)23-8-6-5-7-9-23/h5-9,19-22,24H,4,10-18,28H2,1-3H3,(H,29,30)/t19?,20?,21-,22?,24-,26?,27?. The summed E-state index contributed by atoms with van der Waals surface area (Å²) in [5.74, 6) is 3.04. The summed E-state index contributed by atoms with van der Waals surface area (Å²) in [6.07, 6.45) is 9.98. The van der Waals surface area contributed by atoms with Crippen LogP contribution in [-0.2, 0) is 10.2 Å². The van der Waals surface area contributed by atoms with Crippen LogP contribution in [0.2, 0.25) is 0 Å². The van der Waals surface area contributed by atoms with Crippen LogP contribution in [0, 0.1) is 29.1 Å². The Balaban J connectivity index is 1.59. The molecule has 3 saturated carbocycles. The van der Waals surface area contributed by atoms with Gasteiger partial charge in [0, 0.05) is 6.04 Å². The molecule has 0 heterocycles. The second kappa shape index (κ2) is 8.65. The molecular formula is C27H42N2O. The zero-order valence-corrected chi connectivity index (χ0v) is 19.3. The normalized spacial score (nSPS) is 41.3. The molecule has 0 radical (unpaired) electrons. The van der Waals surface area contributed by atoms with E-state index < -0.39 is 0 Å². The third kappa shape index (κ3) is 3.95. The topological polar surface area (TPSA) is 55.1 Å². The van der Waals surface area contributed by atoms with Crippen molar-refractivity contribution in [3.63, 3.8) is 0 Å². The van der Waals surface area contributed by atoms with Crippen molar-refractivity contribution in [3.8, 4) is 0 Å². The van der Waals surface area contributed by atoms with Crippen LogP contribution < -0.4 is 11.1 Å². The van der Waals surface area contributed by atoms with Gasteiger partial charge in [0.1, 0.15) is 0 Å². The first-order valence-electron chi connectivity index (χ1n) is 12.5. The van der Waals surface area contributed by atoms with Gasteiger partial charge < -0.3 is 11.1 Å². The van der Waals surface area contributed by atoms with Crippen molar-refractivity contribution in [3.05, 3.63) is 35.9 Å².